The number of methoxy groups -OCH3 is 1. The Labute approximate surface area is 111 Å². The van der Waals surface area contributed by atoms with Crippen LogP contribution in [0.1, 0.15) is 17.0 Å². The second-order valence-electron chi connectivity index (χ2n) is 3.63. The zero-order valence-corrected chi connectivity index (χ0v) is 11.4. The van der Waals surface area contributed by atoms with Gasteiger partial charge in [-0.15, -0.1) is 0 Å². The first-order valence-corrected chi connectivity index (χ1v) is 7.20. The Morgan fingerprint density at radius 3 is 2.74 bits per heavy atom. The molecule has 0 aliphatic carbocycles. The summed E-state index contributed by atoms with van der Waals surface area (Å²) >= 11 is 0. The van der Waals surface area contributed by atoms with Crippen LogP contribution >= 0.6 is 0 Å². The fraction of sp³-hybridized carbons (Fsp3) is 0.545. The molecule has 0 saturated carbocycles. The Balaban J connectivity index is 2.29. The third kappa shape index (κ3) is 5.52. The molecule has 0 unspecified atom stereocenters. The molecule has 0 atom stereocenters. The van der Waals surface area contributed by atoms with Gasteiger partial charge in [-0.05, 0) is 18.6 Å². The van der Waals surface area contributed by atoms with E-state index in [1.165, 1.54) is 12.1 Å². The van der Waals surface area contributed by atoms with Crippen LogP contribution in [-0.2, 0) is 19.5 Å². The van der Waals surface area contributed by atoms with Crippen molar-refractivity contribution in [2.45, 2.75) is 11.5 Å². The van der Waals surface area contributed by atoms with E-state index < -0.39 is 10.0 Å². The van der Waals surface area contributed by atoms with Gasteiger partial charge in [0.15, 0.2) is 12.0 Å². The fourth-order valence-electron chi connectivity index (χ4n) is 1.24. The van der Waals surface area contributed by atoms with Crippen LogP contribution in [-0.4, -0.2) is 48.2 Å². The molecule has 0 fully saturated rings. The van der Waals surface area contributed by atoms with Gasteiger partial charge in [-0.25, -0.2) is 13.1 Å². The van der Waals surface area contributed by atoms with Gasteiger partial charge in [-0.3, -0.25) is 4.79 Å². The maximum absolute atomic E-state index is 11.7. The van der Waals surface area contributed by atoms with Crippen molar-refractivity contribution in [3.63, 3.8) is 0 Å². The van der Waals surface area contributed by atoms with E-state index in [1.54, 1.807) is 7.11 Å². The SMILES string of the molecule is COCCOCCCNS(=O)(=O)c1ccc(C=O)o1. The molecule has 1 rings (SSSR count). The van der Waals surface area contributed by atoms with Gasteiger partial charge in [-0.1, -0.05) is 0 Å². The van der Waals surface area contributed by atoms with Crippen LogP contribution in [0.25, 0.3) is 0 Å². The van der Waals surface area contributed by atoms with E-state index in [4.69, 9.17) is 13.9 Å². The number of carbonyl (C=O) groups excluding carboxylic acids is 1. The molecule has 0 aromatic carbocycles. The molecule has 8 heteroatoms. The van der Waals surface area contributed by atoms with Gasteiger partial charge in [0.25, 0.3) is 10.0 Å². The minimum absolute atomic E-state index is 0.0247. The van der Waals surface area contributed by atoms with Gasteiger partial charge in [0.2, 0.25) is 5.09 Å². The van der Waals surface area contributed by atoms with Crippen molar-refractivity contribution in [3.8, 4) is 0 Å². The van der Waals surface area contributed by atoms with Gasteiger partial charge in [0, 0.05) is 20.3 Å². The van der Waals surface area contributed by atoms with E-state index in [0.29, 0.717) is 32.5 Å². The molecule has 108 valence electrons. The predicted molar refractivity (Wildman–Crippen MR) is 66.6 cm³/mol. The number of rotatable bonds is 10. The highest BCUT2D eigenvalue weighted by molar-refractivity contribution is 7.89. The summed E-state index contributed by atoms with van der Waals surface area (Å²) in [6.07, 6.45) is 0.979. The highest BCUT2D eigenvalue weighted by Crippen LogP contribution is 2.11. The van der Waals surface area contributed by atoms with Crippen LogP contribution in [0.5, 0.6) is 0 Å². The van der Waals surface area contributed by atoms with E-state index in [0.717, 1.165) is 0 Å². The maximum atomic E-state index is 11.7. The van der Waals surface area contributed by atoms with Crippen LogP contribution in [0.3, 0.4) is 0 Å². The number of hydrogen-bond acceptors (Lipinski definition) is 6. The molecule has 1 aromatic rings. The van der Waals surface area contributed by atoms with E-state index in [2.05, 4.69) is 4.72 Å². The Hall–Kier alpha value is -1.22. The fourth-order valence-corrected chi connectivity index (χ4v) is 2.25. The lowest BCUT2D eigenvalue weighted by atomic mass is 10.5. The number of carbonyl (C=O) groups is 1. The molecule has 0 radical (unpaired) electrons. The number of furan rings is 1. The highest BCUT2D eigenvalue weighted by Gasteiger charge is 2.17. The second-order valence-corrected chi connectivity index (χ2v) is 5.33. The largest absolute Gasteiger partial charge is 0.440 e. The predicted octanol–water partition coefficient (Wildman–Crippen LogP) is 0.424. The summed E-state index contributed by atoms with van der Waals surface area (Å²) in [5.41, 5.74) is 0. The van der Waals surface area contributed by atoms with Crippen molar-refractivity contribution in [3.05, 3.63) is 17.9 Å². The topological polar surface area (TPSA) is 94.8 Å². The summed E-state index contributed by atoms with van der Waals surface area (Å²) < 4.78 is 40.6. The monoisotopic (exact) mass is 291 g/mol. The highest BCUT2D eigenvalue weighted by atomic mass is 32.2. The minimum atomic E-state index is -3.70. The first-order valence-electron chi connectivity index (χ1n) is 5.71. The summed E-state index contributed by atoms with van der Waals surface area (Å²) in [6.45, 7) is 1.65. The number of sulfonamides is 1. The number of nitrogens with one attached hydrogen (secondary N) is 1. The minimum Gasteiger partial charge on any atom is -0.440 e. The van der Waals surface area contributed by atoms with Crippen LogP contribution < -0.4 is 4.72 Å². The zero-order valence-electron chi connectivity index (χ0n) is 10.6. The van der Waals surface area contributed by atoms with Crippen LogP contribution in [0.2, 0.25) is 0 Å². The molecule has 0 saturated heterocycles. The van der Waals surface area contributed by atoms with Crippen LogP contribution in [0, 0.1) is 0 Å². The molecular formula is C11H17NO6S. The molecule has 1 heterocycles. The standard InChI is InChI=1S/C11H17NO6S/c1-16-7-8-17-6-2-5-12-19(14,15)11-4-3-10(9-13)18-11/h3-4,9,12H,2,5-8H2,1H3. The molecule has 19 heavy (non-hydrogen) atoms. The Morgan fingerprint density at radius 1 is 1.32 bits per heavy atom. The molecule has 0 aliphatic rings. The molecular weight excluding hydrogens is 274 g/mol. The quantitative estimate of drug-likeness (QED) is 0.496. The van der Waals surface area contributed by atoms with Gasteiger partial charge in [0.05, 0.1) is 13.2 Å². The Bertz CT molecular complexity index is 481. The summed E-state index contributed by atoms with van der Waals surface area (Å²) in [5.74, 6) is -0.0247. The zero-order chi connectivity index (χ0) is 14.1. The van der Waals surface area contributed by atoms with Gasteiger partial charge in [0.1, 0.15) is 0 Å². The maximum Gasteiger partial charge on any atom is 0.273 e. The first kappa shape index (κ1) is 15.8. The van der Waals surface area contributed by atoms with Crippen molar-refractivity contribution in [2.24, 2.45) is 0 Å². The van der Waals surface area contributed by atoms with Gasteiger partial charge < -0.3 is 13.9 Å². The molecule has 0 amide bonds. The molecule has 7 nitrogen and oxygen atoms in total. The molecule has 0 spiro atoms. The first-order chi connectivity index (χ1) is 9.10. The Kier molecular flexibility index (Phi) is 6.71. The molecule has 0 bridgehead atoms. The van der Waals surface area contributed by atoms with Crippen molar-refractivity contribution in [1.29, 1.82) is 0 Å². The average molecular weight is 291 g/mol. The summed E-state index contributed by atoms with van der Waals surface area (Å²) in [4.78, 5) is 10.4. The second kappa shape index (κ2) is 8.05. The normalized spacial score (nSPS) is 11.6. The van der Waals surface area contributed by atoms with Crippen molar-refractivity contribution < 1.29 is 27.1 Å². The lowest BCUT2D eigenvalue weighted by Crippen LogP contribution is -2.25. The third-order valence-electron chi connectivity index (χ3n) is 2.17. The number of ether oxygens (including phenoxy) is 2. The van der Waals surface area contributed by atoms with E-state index in [-0.39, 0.29) is 17.4 Å². The van der Waals surface area contributed by atoms with Gasteiger partial charge in [-0.2, -0.15) is 0 Å². The van der Waals surface area contributed by atoms with E-state index in [1.807, 2.05) is 0 Å². The van der Waals surface area contributed by atoms with E-state index in [9.17, 15) is 13.2 Å². The lowest BCUT2D eigenvalue weighted by Gasteiger charge is -2.05. The number of aldehydes is 1. The molecule has 1 aromatic heterocycles. The Morgan fingerprint density at radius 2 is 2.11 bits per heavy atom. The van der Waals surface area contributed by atoms with Crippen molar-refractivity contribution >= 4 is 16.3 Å². The summed E-state index contributed by atoms with van der Waals surface area (Å²) in [6, 6.07) is 2.54. The van der Waals surface area contributed by atoms with Crippen molar-refractivity contribution in [2.75, 3.05) is 33.5 Å². The average Bonchev–Trinajstić information content (AvgIpc) is 2.87. The third-order valence-corrected chi connectivity index (χ3v) is 3.51. The lowest BCUT2D eigenvalue weighted by molar-refractivity contribution is 0.0699. The van der Waals surface area contributed by atoms with Gasteiger partial charge >= 0.3 is 0 Å². The summed E-state index contributed by atoms with van der Waals surface area (Å²) in [7, 11) is -2.12. The van der Waals surface area contributed by atoms with Crippen LogP contribution in [0.15, 0.2) is 21.6 Å². The molecule has 0 aliphatic heterocycles. The number of hydrogen-bond donors (Lipinski definition) is 1. The summed E-state index contributed by atoms with van der Waals surface area (Å²) in [5, 5.41) is -0.269. The molecule has 1 N–H and O–H groups in total. The van der Waals surface area contributed by atoms with Crippen molar-refractivity contribution in [1.82, 2.24) is 4.72 Å². The van der Waals surface area contributed by atoms with E-state index >= 15 is 0 Å². The van der Waals surface area contributed by atoms with Crippen LogP contribution in [0.4, 0.5) is 0 Å². The smallest absolute Gasteiger partial charge is 0.273 e.